The van der Waals surface area contributed by atoms with E-state index in [1.807, 2.05) is 0 Å². The quantitative estimate of drug-likeness (QED) is 0.667. The molecular formula is C11H17N3O3. The Kier molecular flexibility index (Phi) is 5.95. The van der Waals surface area contributed by atoms with E-state index in [0.717, 1.165) is 19.4 Å². The zero-order valence-corrected chi connectivity index (χ0v) is 9.85. The maximum atomic E-state index is 10.7. The summed E-state index contributed by atoms with van der Waals surface area (Å²) in [6, 6.07) is 0. The largest absolute Gasteiger partial charge is 0.476 e. The number of nitrogens with zero attached hydrogens (tertiary/aromatic N) is 2. The number of hydrogen-bond donors (Lipinski definition) is 2. The minimum Gasteiger partial charge on any atom is -0.476 e. The number of anilines is 1. The van der Waals surface area contributed by atoms with Crippen LogP contribution < -0.4 is 5.32 Å². The van der Waals surface area contributed by atoms with Crippen LogP contribution in [0.3, 0.4) is 0 Å². The Labute approximate surface area is 100 Å². The van der Waals surface area contributed by atoms with E-state index in [1.54, 1.807) is 0 Å². The van der Waals surface area contributed by atoms with Gasteiger partial charge in [-0.25, -0.2) is 9.78 Å². The van der Waals surface area contributed by atoms with Crippen molar-refractivity contribution < 1.29 is 14.6 Å². The first-order valence-corrected chi connectivity index (χ1v) is 5.61. The molecule has 0 aliphatic heterocycles. The van der Waals surface area contributed by atoms with Crippen LogP contribution in [0.4, 0.5) is 5.82 Å². The van der Waals surface area contributed by atoms with Gasteiger partial charge in [0.1, 0.15) is 5.82 Å². The normalized spacial score (nSPS) is 10.2. The van der Waals surface area contributed by atoms with Crippen molar-refractivity contribution in [2.24, 2.45) is 0 Å². The van der Waals surface area contributed by atoms with Crippen LogP contribution in [0.25, 0.3) is 0 Å². The van der Waals surface area contributed by atoms with Gasteiger partial charge in [-0.05, 0) is 12.8 Å². The Bertz CT molecular complexity index is 358. The average molecular weight is 239 g/mol. The molecule has 1 heterocycles. The molecule has 0 saturated heterocycles. The molecular weight excluding hydrogens is 222 g/mol. The maximum absolute atomic E-state index is 10.7. The lowest BCUT2D eigenvalue weighted by atomic mass is 10.4. The van der Waals surface area contributed by atoms with E-state index in [9.17, 15) is 4.79 Å². The number of nitrogens with one attached hydrogen (secondary N) is 1. The predicted molar refractivity (Wildman–Crippen MR) is 63.2 cm³/mol. The van der Waals surface area contributed by atoms with Crippen molar-refractivity contribution in [1.82, 2.24) is 9.97 Å². The standard InChI is InChI=1S/C11H17N3O3/c1-2-5-17-6-3-4-13-10-8-12-7-9(14-10)11(15)16/h7-8H,2-6H2,1H3,(H,13,14)(H,15,16). The Balaban J connectivity index is 2.27. The molecule has 0 aliphatic rings. The van der Waals surface area contributed by atoms with E-state index in [0.29, 0.717) is 19.0 Å². The second-order valence-electron chi connectivity index (χ2n) is 3.49. The van der Waals surface area contributed by atoms with Gasteiger partial charge in [-0.2, -0.15) is 0 Å². The first-order valence-electron chi connectivity index (χ1n) is 5.61. The molecule has 17 heavy (non-hydrogen) atoms. The van der Waals surface area contributed by atoms with E-state index in [4.69, 9.17) is 9.84 Å². The lowest BCUT2D eigenvalue weighted by molar-refractivity contribution is 0.0690. The Morgan fingerprint density at radius 3 is 3.00 bits per heavy atom. The highest BCUT2D eigenvalue weighted by Gasteiger charge is 2.05. The minimum atomic E-state index is -1.08. The molecule has 1 aromatic heterocycles. The van der Waals surface area contributed by atoms with Crippen LogP contribution in [-0.2, 0) is 4.74 Å². The van der Waals surface area contributed by atoms with Crippen LogP contribution in [0.2, 0.25) is 0 Å². The molecule has 1 aromatic rings. The fourth-order valence-electron chi connectivity index (χ4n) is 1.19. The lowest BCUT2D eigenvalue weighted by Crippen LogP contribution is -2.09. The van der Waals surface area contributed by atoms with Gasteiger partial charge in [0, 0.05) is 19.8 Å². The third-order valence-electron chi connectivity index (χ3n) is 1.97. The maximum Gasteiger partial charge on any atom is 0.356 e. The summed E-state index contributed by atoms with van der Waals surface area (Å²) < 4.78 is 5.31. The first-order chi connectivity index (χ1) is 8.24. The number of aromatic nitrogens is 2. The molecule has 0 saturated carbocycles. The second-order valence-corrected chi connectivity index (χ2v) is 3.49. The smallest absolute Gasteiger partial charge is 0.356 e. The second kappa shape index (κ2) is 7.56. The first kappa shape index (κ1) is 13.4. The molecule has 0 radical (unpaired) electrons. The van der Waals surface area contributed by atoms with E-state index >= 15 is 0 Å². The highest BCUT2D eigenvalue weighted by Crippen LogP contribution is 2.02. The molecule has 94 valence electrons. The molecule has 0 aromatic carbocycles. The van der Waals surface area contributed by atoms with Crippen molar-refractivity contribution in [2.45, 2.75) is 19.8 Å². The molecule has 0 bridgehead atoms. The molecule has 1 rings (SSSR count). The van der Waals surface area contributed by atoms with E-state index in [-0.39, 0.29) is 5.69 Å². The zero-order valence-electron chi connectivity index (χ0n) is 9.85. The summed E-state index contributed by atoms with van der Waals surface area (Å²) in [5.41, 5.74) is -0.0581. The molecule has 0 aliphatic carbocycles. The number of ether oxygens (including phenoxy) is 1. The van der Waals surface area contributed by atoms with Gasteiger partial charge in [-0.1, -0.05) is 6.92 Å². The molecule has 0 fully saturated rings. The fourth-order valence-corrected chi connectivity index (χ4v) is 1.19. The topological polar surface area (TPSA) is 84.3 Å². The van der Waals surface area contributed by atoms with Gasteiger partial charge < -0.3 is 15.2 Å². The summed E-state index contributed by atoms with van der Waals surface area (Å²) in [4.78, 5) is 18.3. The SMILES string of the molecule is CCCOCCCNc1cncc(C(=O)O)n1. The van der Waals surface area contributed by atoms with Crippen LogP contribution in [0.15, 0.2) is 12.4 Å². The van der Waals surface area contributed by atoms with Crippen LogP contribution in [0.5, 0.6) is 0 Å². The minimum absolute atomic E-state index is 0.0581. The van der Waals surface area contributed by atoms with E-state index in [2.05, 4.69) is 22.2 Å². The van der Waals surface area contributed by atoms with Crippen molar-refractivity contribution in [2.75, 3.05) is 25.1 Å². The number of rotatable bonds is 8. The summed E-state index contributed by atoms with van der Waals surface area (Å²) in [6.07, 6.45) is 4.58. The van der Waals surface area contributed by atoms with Gasteiger partial charge in [-0.15, -0.1) is 0 Å². The third kappa shape index (κ3) is 5.26. The van der Waals surface area contributed by atoms with Crippen molar-refractivity contribution in [3.05, 3.63) is 18.1 Å². The molecule has 6 heteroatoms. The summed E-state index contributed by atoms with van der Waals surface area (Å²) in [6.45, 7) is 4.20. The molecule has 0 atom stereocenters. The molecule has 0 amide bonds. The monoisotopic (exact) mass is 239 g/mol. The van der Waals surface area contributed by atoms with Gasteiger partial charge >= 0.3 is 5.97 Å². The summed E-state index contributed by atoms with van der Waals surface area (Å²) >= 11 is 0. The molecule has 6 nitrogen and oxygen atoms in total. The molecule has 0 unspecified atom stereocenters. The Morgan fingerprint density at radius 1 is 1.47 bits per heavy atom. The van der Waals surface area contributed by atoms with Gasteiger partial charge in [0.25, 0.3) is 0 Å². The van der Waals surface area contributed by atoms with Crippen molar-refractivity contribution in [1.29, 1.82) is 0 Å². The number of carbonyl (C=O) groups is 1. The number of carboxylic acid groups (broad SMARTS) is 1. The van der Waals surface area contributed by atoms with Crippen LogP contribution in [-0.4, -0.2) is 40.8 Å². The van der Waals surface area contributed by atoms with E-state index in [1.165, 1.54) is 12.4 Å². The molecule has 2 N–H and O–H groups in total. The van der Waals surface area contributed by atoms with Crippen LogP contribution in [0.1, 0.15) is 30.3 Å². The lowest BCUT2D eigenvalue weighted by Gasteiger charge is -2.05. The number of aromatic carboxylic acids is 1. The van der Waals surface area contributed by atoms with Crippen molar-refractivity contribution in [3.8, 4) is 0 Å². The van der Waals surface area contributed by atoms with Gasteiger partial charge in [-0.3, -0.25) is 4.98 Å². The van der Waals surface area contributed by atoms with Gasteiger partial charge in [0.2, 0.25) is 0 Å². The predicted octanol–water partition coefficient (Wildman–Crippen LogP) is 1.40. The highest BCUT2D eigenvalue weighted by molar-refractivity contribution is 5.85. The van der Waals surface area contributed by atoms with Gasteiger partial charge in [0.15, 0.2) is 5.69 Å². The highest BCUT2D eigenvalue weighted by atomic mass is 16.5. The number of carboxylic acids is 1. The van der Waals surface area contributed by atoms with Crippen molar-refractivity contribution in [3.63, 3.8) is 0 Å². The molecule has 0 spiro atoms. The van der Waals surface area contributed by atoms with Crippen LogP contribution in [0, 0.1) is 0 Å². The van der Waals surface area contributed by atoms with E-state index < -0.39 is 5.97 Å². The number of hydrogen-bond acceptors (Lipinski definition) is 5. The Morgan fingerprint density at radius 2 is 2.29 bits per heavy atom. The Hall–Kier alpha value is -1.69. The average Bonchev–Trinajstić information content (AvgIpc) is 2.34. The summed E-state index contributed by atoms with van der Waals surface area (Å²) in [7, 11) is 0. The van der Waals surface area contributed by atoms with Crippen molar-refractivity contribution >= 4 is 11.8 Å². The summed E-state index contributed by atoms with van der Waals surface area (Å²) in [5, 5.41) is 11.7. The third-order valence-corrected chi connectivity index (χ3v) is 1.97. The van der Waals surface area contributed by atoms with Crippen LogP contribution >= 0.6 is 0 Å². The summed E-state index contributed by atoms with van der Waals surface area (Å²) in [5.74, 6) is -0.604. The fraction of sp³-hybridized carbons (Fsp3) is 0.545. The van der Waals surface area contributed by atoms with Gasteiger partial charge in [0.05, 0.1) is 12.4 Å². The zero-order chi connectivity index (χ0) is 12.5.